The molecule has 2 atom stereocenters. The number of amides is 1. The van der Waals surface area contributed by atoms with Crippen LogP contribution in [0, 0.1) is 0 Å². The fraction of sp³-hybridized carbons (Fsp3) is 0.500. The summed E-state index contributed by atoms with van der Waals surface area (Å²) in [5.74, 6) is -1.09. The van der Waals surface area contributed by atoms with Gasteiger partial charge in [-0.15, -0.1) is 0 Å². The molecule has 0 aromatic heterocycles. The van der Waals surface area contributed by atoms with Gasteiger partial charge in [-0.05, 0) is 44.2 Å². The Morgan fingerprint density at radius 3 is 2.65 bits per heavy atom. The number of carbonyl (C=O) groups excluding carboxylic acids is 1. The highest BCUT2D eigenvalue weighted by Crippen LogP contribution is 2.38. The molecule has 0 fully saturated rings. The van der Waals surface area contributed by atoms with Crippen LogP contribution >= 0.6 is 0 Å². The standard InChI is InChI=1S/C16H21NO3/c1-11(14(18)19)17(3)15(20)16(2)10-6-8-12-7-4-5-9-13(12)16/h4-5,7,9,11H,6,8,10H2,1-3H3,(H,18,19). The summed E-state index contributed by atoms with van der Waals surface area (Å²) >= 11 is 0. The van der Waals surface area contributed by atoms with Crippen molar-refractivity contribution in [3.8, 4) is 0 Å². The lowest BCUT2D eigenvalue weighted by Gasteiger charge is -2.38. The van der Waals surface area contributed by atoms with E-state index in [2.05, 4.69) is 6.07 Å². The topological polar surface area (TPSA) is 57.6 Å². The number of hydrogen-bond acceptors (Lipinski definition) is 2. The van der Waals surface area contributed by atoms with E-state index in [1.807, 2.05) is 25.1 Å². The first-order valence-electron chi connectivity index (χ1n) is 6.96. The summed E-state index contributed by atoms with van der Waals surface area (Å²) in [6.07, 6.45) is 2.70. The fourth-order valence-electron chi connectivity index (χ4n) is 3.00. The number of nitrogens with zero attached hydrogens (tertiary/aromatic N) is 1. The van der Waals surface area contributed by atoms with E-state index >= 15 is 0 Å². The number of rotatable bonds is 3. The van der Waals surface area contributed by atoms with Gasteiger partial charge in [-0.25, -0.2) is 4.79 Å². The van der Waals surface area contributed by atoms with E-state index in [-0.39, 0.29) is 5.91 Å². The van der Waals surface area contributed by atoms with Gasteiger partial charge in [0, 0.05) is 7.05 Å². The summed E-state index contributed by atoms with van der Waals surface area (Å²) < 4.78 is 0. The van der Waals surface area contributed by atoms with Crippen molar-refractivity contribution in [2.75, 3.05) is 7.05 Å². The Balaban J connectivity index is 2.37. The molecule has 1 aliphatic rings. The van der Waals surface area contributed by atoms with E-state index < -0.39 is 17.4 Å². The molecular weight excluding hydrogens is 254 g/mol. The molecule has 4 nitrogen and oxygen atoms in total. The van der Waals surface area contributed by atoms with Gasteiger partial charge in [0.25, 0.3) is 0 Å². The summed E-state index contributed by atoms with van der Waals surface area (Å²) in [5.41, 5.74) is 1.62. The Morgan fingerprint density at radius 2 is 2.00 bits per heavy atom. The molecule has 20 heavy (non-hydrogen) atoms. The van der Waals surface area contributed by atoms with Gasteiger partial charge in [-0.3, -0.25) is 4.79 Å². The van der Waals surface area contributed by atoms with Crippen LogP contribution in [0.25, 0.3) is 0 Å². The molecule has 0 heterocycles. The van der Waals surface area contributed by atoms with Crippen LogP contribution in [0.3, 0.4) is 0 Å². The highest BCUT2D eigenvalue weighted by atomic mass is 16.4. The number of carboxylic acid groups (broad SMARTS) is 1. The van der Waals surface area contributed by atoms with Gasteiger partial charge in [0.1, 0.15) is 6.04 Å². The summed E-state index contributed by atoms with van der Waals surface area (Å²) in [4.78, 5) is 25.2. The van der Waals surface area contributed by atoms with E-state index in [0.717, 1.165) is 24.8 Å². The first-order chi connectivity index (χ1) is 9.38. The smallest absolute Gasteiger partial charge is 0.326 e. The molecule has 0 aliphatic heterocycles. The quantitative estimate of drug-likeness (QED) is 0.920. The molecule has 1 aromatic carbocycles. The van der Waals surface area contributed by atoms with Gasteiger partial charge in [-0.2, -0.15) is 0 Å². The van der Waals surface area contributed by atoms with Crippen LogP contribution in [0.15, 0.2) is 24.3 Å². The highest BCUT2D eigenvalue weighted by molar-refractivity contribution is 5.91. The Hall–Kier alpha value is -1.84. The first kappa shape index (κ1) is 14.6. The Kier molecular flexibility index (Phi) is 3.84. The van der Waals surface area contributed by atoms with Crippen LogP contribution in [0.5, 0.6) is 0 Å². The van der Waals surface area contributed by atoms with E-state index in [1.54, 1.807) is 14.0 Å². The third-order valence-electron chi connectivity index (χ3n) is 4.47. The van der Waals surface area contributed by atoms with Crippen molar-refractivity contribution in [2.45, 2.75) is 44.6 Å². The summed E-state index contributed by atoms with van der Waals surface area (Å²) in [7, 11) is 1.57. The third-order valence-corrected chi connectivity index (χ3v) is 4.47. The minimum absolute atomic E-state index is 0.112. The van der Waals surface area contributed by atoms with E-state index in [9.17, 15) is 9.59 Å². The number of carboxylic acids is 1. The number of hydrogen-bond donors (Lipinski definition) is 1. The molecule has 2 unspecified atom stereocenters. The van der Waals surface area contributed by atoms with Crippen molar-refractivity contribution in [1.29, 1.82) is 0 Å². The van der Waals surface area contributed by atoms with Gasteiger partial charge in [0.15, 0.2) is 0 Å². The number of aliphatic carboxylic acids is 1. The SMILES string of the molecule is CC(C(=O)O)N(C)C(=O)C1(C)CCCc2ccccc21. The van der Waals surface area contributed by atoms with E-state index in [4.69, 9.17) is 5.11 Å². The molecule has 1 aromatic rings. The van der Waals surface area contributed by atoms with Crippen molar-refractivity contribution in [1.82, 2.24) is 4.90 Å². The Morgan fingerprint density at radius 1 is 1.35 bits per heavy atom. The molecule has 1 N–H and O–H groups in total. The monoisotopic (exact) mass is 275 g/mol. The molecule has 0 bridgehead atoms. The maximum atomic E-state index is 12.8. The molecule has 2 rings (SSSR count). The second-order valence-corrected chi connectivity index (χ2v) is 5.77. The summed E-state index contributed by atoms with van der Waals surface area (Å²) in [6.45, 7) is 3.47. The second kappa shape index (κ2) is 5.27. The van der Waals surface area contributed by atoms with Crippen LogP contribution in [0.1, 0.15) is 37.8 Å². The van der Waals surface area contributed by atoms with Crippen molar-refractivity contribution >= 4 is 11.9 Å². The molecule has 108 valence electrons. The van der Waals surface area contributed by atoms with Crippen LogP contribution in [-0.2, 0) is 21.4 Å². The summed E-state index contributed by atoms with van der Waals surface area (Å²) in [6, 6.07) is 7.16. The predicted octanol–water partition coefficient (Wildman–Crippen LogP) is 2.21. The number of fused-ring (bicyclic) bond motifs is 1. The van der Waals surface area contributed by atoms with Crippen LogP contribution in [0.2, 0.25) is 0 Å². The molecule has 0 spiro atoms. The maximum absolute atomic E-state index is 12.8. The second-order valence-electron chi connectivity index (χ2n) is 5.77. The van der Waals surface area contributed by atoms with Crippen molar-refractivity contribution in [3.63, 3.8) is 0 Å². The lowest BCUT2D eigenvalue weighted by Crippen LogP contribution is -2.50. The Labute approximate surface area is 119 Å². The average Bonchev–Trinajstić information content (AvgIpc) is 2.45. The number of benzene rings is 1. The van der Waals surface area contributed by atoms with Crippen LogP contribution in [0.4, 0.5) is 0 Å². The highest BCUT2D eigenvalue weighted by Gasteiger charge is 2.42. The average molecular weight is 275 g/mol. The largest absolute Gasteiger partial charge is 0.480 e. The molecular formula is C16H21NO3. The number of aryl methyl sites for hydroxylation is 1. The van der Waals surface area contributed by atoms with Crippen molar-refractivity contribution < 1.29 is 14.7 Å². The lowest BCUT2D eigenvalue weighted by atomic mass is 9.70. The van der Waals surface area contributed by atoms with Crippen molar-refractivity contribution in [3.05, 3.63) is 35.4 Å². The van der Waals surface area contributed by atoms with Gasteiger partial charge >= 0.3 is 5.97 Å². The zero-order valence-corrected chi connectivity index (χ0v) is 12.2. The molecule has 0 radical (unpaired) electrons. The fourth-order valence-corrected chi connectivity index (χ4v) is 3.00. The number of likely N-dealkylation sites (N-methyl/N-ethyl adjacent to an activating group) is 1. The summed E-state index contributed by atoms with van der Waals surface area (Å²) in [5, 5.41) is 9.08. The molecule has 0 saturated heterocycles. The van der Waals surface area contributed by atoms with Gasteiger partial charge < -0.3 is 10.0 Å². The molecule has 1 amide bonds. The van der Waals surface area contributed by atoms with Gasteiger partial charge in [0.2, 0.25) is 5.91 Å². The van der Waals surface area contributed by atoms with Crippen molar-refractivity contribution in [2.24, 2.45) is 0 Å². The minimum Gasteiger partial charge on any atom is -0.480 e. The zero-order chi connectivity index (χ0) is 14.9. The van der Waals surface area contributed by atoms with Gasteiger partial charge in [0.05, 0.1) is 5.41 Å². The zero-order valence-electron chi connectivity index (χ0n) is 12.2. The van der Waals surface area contributed by atoms with Crippen LogP contribution < -0.4 is 0 Å². The number of carbonyl (C=O) groups is 2. The molecule has 4 heteroatoms. The predicted molar refractivity (Wildman–Crippen MR) is 76.6 cm³/mol. The normalized spacial score (nSPS) is 22.8. The minimum atomic E-state index is -0.978. The first-order valence-corrected chi connectivity index (χ1v) is 6.96. The maximum Gasteiger partial charge on any atom is 0.326 e. The van der Waals surface area contributed by atoms with E-state index in [0.29, 0.717) is 0 Å². The molecule has 0 saturated carbocycles. The van der Waals surface area contributed by atoms with Gasteiger partial charge in [-0.1, -0.05) is 24.3 Å². The Bertz CT molecular complexity index is 540. The van der Waals surface area contributed by atoms with Crippen LogP contribution in [-0.4, -0.2) is 35.0 Å². The lowest BCUT2D eigenvalue weighted by molar-refractivity contribution is -0.150. The van der Waals surface area contributed by atoms with E-state index in [1.165, 1.54) is 10.5 Å². The molecule has 1 aliphatic carbocycles. The third kappa shape index (κ3) is 2.30.